The van der Waals surface area contributed by atoms with E-state index in [4.69, 9.17) is 35.4 Å². The van der Waals surface area contributed by atoms with Gasteiger partial charge >= 0.3 is 0 Å². The summed E-state index contributed by atoms with van der Waals surface area (Å²) in [7, 11) is 0. The molecule has 0 amide bonds. The van der Waals surface area contributed by atoms with Crippen LogP contribution in [-0.4, -0.2) is 21.1 Å². The van der Waals surface area contributed by atoms with Crippen LogP contribution in [0.4, 0.5) is 0 Å². The number of aromatic nitrogens is 3. The van der Waals surface area contributed by atoms with E-state index in [-0.39, 0.29) is 0 Å². The molecule has 1 aromatic heterocycles. The highest BCUT2D eigenvalue weighted by Gasteiger charge is 2.02. The number of benzene rings is 1. The van der Waals surface area contributed by atoms with Crippen molar-refractivity contribution in [1.82, 2.24) is 14.9 Å². The summed E-state index contributed by atoms with van der Waals surface area (Å²) in [6.45, 7) is 1.79. The van der Waals surface area contributed by atoms with E-state index >= 15 is 0 Å². The molecule has 0 atom stereocenters. The normalized spacial score (nSPS) is 11.2. The maximum Gasteiger partial charge on any atom is 0.216 e. The molecule has 0 aliphatic carbocycles. The number of aromatic amines is 1. The Morgan fingerprint density at radius 1 is 1.47 bits per heavy atom. The number of hydrogen-bond acceptors (Lipinski definition) is 3. The van der Waals surface area contributed by atoms with E-state index in [9.17, 15) is 0 Å². The van der Waals surface area contributed by atoms with Crippen molar-refractivity contribution in [3.05, 3.63) is 44.4 Å². The SMILES string of the molecule is Cc1n[nH]c(=S)n1N=Cc1cccc(Cl)c1Cl. The van der Waals surface area contributed by atoms with Gasteiger partial charge in [-0.1, -0.05) is 35.3 Å². The van der Waals surface area contributed by atoms with E-state index < -0.39 is 0 Å². The minimum absolute atomic E-state index is 0.428. The molecule has 2 aromatic rings. The fourth-order valence-corrected chi connectivity index (χ4v) is 1.83. The van der Waals surface area contributed by atoms with Crippen LogP contribution in [0.25, 0.3) is 0 Å². The molecule has 1 N–H and O–H groups in total. The molecule has 0 saturated carbocycles. The molecule has 0 bridgehead atoms. The maximum absolute atomic E-state index is 6.03. The van der Waals surface area contributed by atoms with Crippen molar-refractivity contribution in [2.45, 2.75) is 6.92 Å². The third kappa shape index (κ3) is 2.57. The molecule has 1 aromatic carbocycles. The predicted octanol–water partition coefficient (Wildman–Crippen LogP) is 3.44. The van der Waals surface area contributed by atoms with E-state index in [0.29, 0.717) is 20.6 Å². The molecule has 0 unspecified atom stereocenters. The van der Waals surface area contributed by atoms with Gasteiger partial charge in [-0.3, -0.25) is 5.10 Å². The first-order chi connectivity index (χ1) is 8.09. The first-order valence-electron chi connectivity index (χ1n) is 4.72. The number of aryl methyl sites for hydroxylation is 1. The molecule has 2 rings (SSSR count). The first-order valence-corrected chi connectivity index (χ1v) is 5.88. The topological polar surface area (TPSA) is 46.0 Å². The Labute approximate surface area is 113 Å². The second-order valence-electron chi connectivity index (χ2n) is 3.28. The summed E-state index contributed by atoms with van der Waals surface area (Å²) < 4.78 is 1.93. The van der Waals surface area contributed by atoms with Crippen molar-refractivity contribution in [2.24, 2.45) is 5.10 Å². The summed E-state index contributed by atoms with van der Waals surface area (Å²) in [5.74, 6) is 0.671. The zero-order valence-corrected chi connectivity index (χ0v) is 11.1. The van der Waals surface area contributed by atoms with Crippen LogP contribution in [0.5, 0.6) is 0 Å². The summed E-state index contributed by atoms with van der Waals surface area (Å²) in [6, 6.07) is 5.34. The van der Waals surface area contributed by atoms with Crippen LogP contribution in [0.3, 0.4) is 0 Å². The van der Waals surface area contributed by atoms with E-state index in [0.717, 1.165) is 5.56 Å². The molecule has 0 spiro atoms. The predicted molar refractivity (Wildman–Crippen MR) is 71.6 cm³/mol. The number of nitrogens with zero attached hydrogens (tertiary/aromatic N) is 3. The molecule has 7 heteroatoms. The lowest BCUT2D eigenvalue weighted by atomic mass is 10.2. The van der Waals surface area contributed by atoms with Crippen molar-refractivity contribution in [1.29, 1.82) is 0 Å². The summed E-state index contributed by atoms with van der Waals surface area (Å²) in [5.41, 5.74) is 0.724. The van der Waals surface area contributed by atoms with Gasteiger partial charge < -0.3 is 0 Å². The highest BCUT2D eigenvalue weighted by Crippen LogP contribution is 2.24. The largest absolute Gasteiger partial charge is 0.250 e. The molecule has 0 aliphatic rings. The number of H-pyrrole nitrogens is 1. The van der Waals surface area contributed by atoms with E-state index in [2.05, 4.69) is 15.3 Å². The standard InChI is InChI=1S/C10H8Cl2N4S/c1-6-14-15-10(17)16(6)13-5-7-3-2-4-8(11)9(7)12/h2-5H,1H3,(H,15,17). The van der Waals surface area contributed by atoms with Crippen LogP contribution in [-0.2, 0) is 0 Å². The van der Waals surface area contributed by atoms with Crippen molar-refractivity contribution in [3.63, 3.8) is 0 Å². The van der Waals surface area contributed by atoms with Gasteiger partial charge in [0.25, 0.3) is 0 Å². The van der Waals surface area contributed by atoms with E-state index in [1.54, 1.807) is 25.3 Å². The van der Waals surface area contributed by atoms with Crippen LogP contribution >= 0.6 is 35.4 Å². The number of nitrogens with one attached hydrogen (secondary N) is 1. The Bertz CT molecular complexity index is 629. The van der Waals surface area contributed by atoms with Gasteiger partial charge in [0.05, 0.1) is 16.3 Å². The fraction of sp³-hybridized carbons (Fsp3) is 0.100. The van der Waals surface area contributed by atoms with E-state index in [1.165, 1.54) is 4.68 Å². The van der Waals surface area contributed by atoms with Crippen molar-refractivity contribution >= 4 is 41.6 Å². The Kier molecular flexibility index (Phi) is 3.61. The highest BCUT2D eigenvalue weighted by atomic mass is 35.5. The minimum Gasteiger partial charge on any atom is -0.250 e. The van der Waals surface area contributed by atoms with Gasteiger partial charge in [0.2, 0.25) is 4.77 Å². The second-order valence-corrected chi connectivity index (χ2v) is 4.45. The van der Waals surface area contributed by atoms with Gasteiger partial charge in [-0.2, -0.15) is 14.9 Å². The second kappa shape index (κ2) is 5.00. The summed E-state index contributed by atoms with van der Waals surface area (Å²) in [6.07, 6.45) is 1.59. The first kappa shape index (κ1) is 12.3. The maximum atomic E-state index is 6.03. The van der Waals surface area contributed by atoms with Gasteiger partial charge in [-0.25, -0.2) is 0 Å². The minimum atomic E-state index is 0.428. The molecule has 0 saturated heterocycles. The third-order valence-corrected chi connectivity index (χ3v) is 3.20. The van der Waals surface area contributed by atoms with Crippen LogP contribution in [0, 0.1) is 11.7 Å². The quantitative estimate of drug-likeness (QED) is 0.679. The Hall–Kier alpha value is -1.17. The van der Waals surface area contributed by atoms with E-state index in [1.807, 2.05) is 6.07 Å². The third-order valence-electron chi connectivity index (χ3n) is 2.11. The van der Waals surface area contributed by atoms with Crippen LogP contribution < -0.4 is 0 Å². The van der Waals surface area contributed by atoms with Crippen molar-refractivity contribution in [3.8, 4) is 0 Å². The summed E-state index contributed by atoms with van der Waals surface area (Å²) in [4.78, 5) is 0. The van der Waals surface area contributed by atoms with Gasteiger partial charge in [0.15, 0.2) is 0 Å². The molecule has 0 aliphatic heterocycles. The van der Waals surface area contributed by atoms with Gasteiger partial charge in [-0.05, 0) is 25.2 Å². The van der Waals surface area contributed by atoms with Crippen LogP contribution in [0.1, 0.15) is 11.4 Å². The average molecular weight is 287 g/mol. The Morgan fingerprint density at radius 3 is 2.88 bits per heavy atom. The lowest BCUT2D eigenvalue weighted by Gasteiger charge is -1.99. The lowest BCUT2D eigenvalue weighted by molar-refractivity contribution is 0.821. The van der Waals surface area contributed by atoms with Gasteiger partial charge in [-0.15, -0.1) is 0 Å². The zero-order valence-electron chi connectivity index (χ0n) is 8.82. The molecule has 4 nitrogen and oxygen atoms in total. The Morgan fingerprint density at radius 2 is 2.24 bits per heavy atom. The molecule has 0 fully saturated rings. The van der Waals surface area contributed by atoms with Crippen LogP contribution in [0.15, 0.2) is 23.3 Å². The zero-order chi connectivity index (χ0) is 12.4. The van der Waals surface area contributed by atoms with Crippen molar-refractivity contribution < 1.29 is 0 Å². The summed E-state index contributed by atoms with van der Waals surface area (Å²) >= 11 is 16.9. The molecular formula is C10H8Cl2N4S. The molecular weight excluding hydrogens is 279 g/mol. The molecule has 17 heavy (non-hydrogen) atoms. The molecule has 0 radical (unpaired) electrons. The van der Waals surface area contributed by atoms with Gasteiger partial charge in [0.1, 0.15) is 5.82 Å². The van der Waals surface area contributed by atoms with Crippen LogP contribution in [0.2, 0.25) is 10.0 Å². The number of rotatable bonds is 2. The summed E-state index contributed by atoms with van der Waals surface area (Å²) in [5, 5.41) is 11.7. The smallest absolute Gasteiger partial charge is 0.216 e. The highest BCUT2D eigenvalue weighted by molar-refractivity contribution is 7.71. The fourth-order valence-electron chi connectivity index (χ4n) is 1.25. The monoisotopic (exact) mass is 286 g/mol. The molecule has 88 valence electrons. The number of hydrogen-bond donors (Lipinski definition) is 1. The lowest BCUT2D eigenvalue weighted by Crippen LogP contribution is -1.94. The van der Waals surface area contributed by atoms with Crippen molar-refractivity contribution in [2.75, 3.05) is 0 Å². The number of halogens is 2. The molecule has 1 heterocycles. The Balaban J connectivity index is 2.39. The van der Waals surface area contributed by atoms with Gasteiger partial charge in [0, 0.05) is 5.56 Å². The average Bonchev–Trinajstić information content (AvgIpc) is 2.62.